The van der Waals surface area contributed by atoms with Crippen LogP contribution in [-0.2, 0) is 4.89 Å². The zero-order chi connectivity index (χ0) is 11.6. The predicted molar refractivity (Wildman–Crippen MR) is 62.4 cm³/mol. The first kappa shape index (κ1) is 16.4. The van der Waals surface area contributed by atoms with Gasteiger partial charge in [0.1, 0.15) is 0 Å². The molecular formula is C12H28O2. The van der Waals surface area contributed by atoms with Crippen LogP contribution in [0.25, 0.3) is 0 Å². The molecular weight excluding hydrogens is 176 g/mol. The summed E-state index contributed by atoms with van der Waals surface area (Å²) in [6.07, 6.45) is 4.63. The van der Waals surface area contributed by atoms with Crippen molar-refractivity contribution in [3.8, 4) is 0 Å². The van der Waals surface area contributed by atoms with Gasteiger partial charge in [-0.05, 0) is 26.2 Å². The van der Waals surface area contributed by atoms with Crippen LogP contribution in [-0.4, -0.2) is 10.9 Å². The lowest BCUT2D eigenvalue weighted by Gasteiger charge is -2.18. The highest BCUT2D eigenvalue weighted by Gasteiger charge is 2.15. The van der Waals surface area contributed by atoms with Gasteiger partial charge in [0.25, 0.3) is 0 Å². The van der Waals surface area contributed by atoms with Crippen molar-refractivity contribution in [3.05, 3.63) is 0 Å². The molecule has 2 heteroatoms. The fourth-order valence-corrected chi connectivity index (χ4v) is 1.23. The number of hydrogen-bond donors (Lipinski definition) is 1. The molecule has 14 heavy (non-hydrogen) atoms. The summed E-state index contributed by atoms with van der Waals surface area (Å²) < 4.78 is 0. The predicted octanol–water partition coefficient (Wildman–Crippen LogP) is 4.50. The molecule has 0 aromatic rings. The van der Waals surface area contributed by atoms with Gasteiger partial charge in [-0.1, -0.05) is 47.0 Å². The molecule has 0 rings (SSSR count). The average molecular weight is 204 g/mol. The fourth-order valence-electron chi connectivity index (χ4n) is 1.23. The molecule has 0 unspecified atom stereocenters. The fraction of sp³-hybridized carbons (Fsp3) is 1.00. The molecule has 0 aromatic heterocycles. The first-order valence-electron chi connectivity index (χ1n) is 5.72. The Morgan fingerprint density at radius 1 is 1.14 bits per heavy atom. The molecule has 0 aliphatic carbocycles. The second kappa shape index (κ2) is 9.47. The van der Waals surface area contributed by atoms with Gasteiger partial charge in [0.05, 0.1) is 5.60 Å². The third-order valence-corrected chi connectivity index (χ3v) is 1.97. The van der Waals surface area contributed by atoms with Gasteiger partial charge < -0.3 is 0 Å². The Labute approximate surface area is 89.6 Å². The lowest BCUT2D eigenvalue weighted by Crippen LogP contribution is -2.21. The van der Waals surface area contributed by atoms with Gasteiger partial charge in [-0.3, -0.25) is 5.26 Å². The monoisotopic (exact) mass is 204 g/mol. The highest BCUT2D eigenvalue weighted by Crippen LogP contribution is 2.13. The van der Waals surface area contributed by atoms with E-state index in [1.165, 1.54) is 12.8 Å². The Bertz CT molecular complexity index is 109. The highest BCUT2D eigenvalue weighted by atomic mass is 17.1. The van der Waals surface area contributed by atoms with Crippen molar-refractivity contribution in [2.24, 2.45) is 5.92 Å². The van der Waals surface area contributed by atoms with Crippen molar-refractivity contribution >= 4 is 0 Å². The molecule has 0 saturated carbocycles. The van der Waals surface area contributed by atoms with E-state index in [0.29, 0.717) is 0 Å². The van der Waals surface area contributed by atoms with E-state index in [-0.39, 0.29) is 5.60 Å². The van der Waals surface area contributed by atoms with Gasteiger partial charge in [-0.25, -0.2) is 4.89 Å². The molecule has 0 aromatic carbocycles. The largest absolute Gasteiger partial charge is 0.251 e. The Morgan fingerprint density at radius 2 is 1.64 bits per heavy atom. The van der Waals surface area contributed by atoms with Gasteiger partial charge in [-0.2, -0.15) is 0 Å². The van der Waals surface area contributed by atoms with Crippen molar-refractivity contribution < 1.29 is 10.1 Å². The molecule has 0 spiro atoms. The van der Waals surface area contributed by atoms with E-state index in [4.69, 9.17) is 5.26 Å². The highest BCUT2D eigenvalue weighted by molar-refractivity contribution is 4.63. The van der Waals surface area contributed by atoms with Crippen molar-refractivity contribution in [1.29, 1.82) is 0 Å². The summed E-state index contributed by atoms with van der Waals surface area (Å²) >= 11 is 0. The lowest BCUT2D eigenvalue weighted by molar-refractivity contribution is -0.314. The number of rotatable bonds is 5. The van der Waals surface area contributed by atoms with Crippen LogP contribution in [0.3, 0.4) is 0 Å². The minimum Gasteiger partial charge on any atom is -0.251 e. The Balaban J connectivity index is 0. The molecule has 0 radical (unpaired) electrons. The maximum atomic E-state index is 8.23. The van der Waals surface area contributed by atoms with Crippen molar-refractivity contribution in [3.63, 3.8) is 0 Å². The van der Waals surface area contributed by atoms with E-state index in [1.54, 1.807) is 0 Å². The molecule has 0 fully saturated rings. The molecule has 0 aliphatic rings. The third-order valence-electron chi connectivity index (χ3n) is 1.97. The summed E-state index contributed by atoms with van der Waals surface area (Å²) in [6.45, 7) is 12.5. The Hall–Kier alpha value is -0.0800. The van der Waals surface area contributed by atoms with Gasteiger partial charge >= 0.3 is 0 Å². The second-order valence-corrected chi connectivity index (χ2v) is 4.78. The maximum Gasteiger partial charge on any atom is 0.0977 e. The molecule has 0 saturated heterocycles. The van der Waals surface area contributed by atoms with Crippen LogP contribution in [0.4, 0.5) is 0 Å². The molecule has 0 bridgehead atoms. The Kier molecular flexibility index (Phi) is 11.1. The Morgan fingerprint density at radius 3 is 1.71 bits per heavy atom. The average Bonchev–Trinajstić information content (AvgIpc) is 2.05. The second-order valence-electron chi connectivity index (χ2n) is 4.78. The SMILES string of the molecule is CCCC(C)(C)OO.CCCC(C)C. The normalized spacial score (nSPS) is 11.1. The van der Waals surface area contributed by atoms with Crippen molar-refractivity contribution in [2.75, 3.05) is 0 Å². The topological polar surface area (TPSA) is 29.5 Å². The van der Waals surface area contributed by atoms with Crippen LogP contribution in [0, 0.1) is 5.92 Å². The van der Waals surface area contributed by atoms with Crippen LogP contribution < -0.4 is 0 Å². The van der Waals surface area contributed by atoms with Crippen LogP contribution in [0.1, 0.15) is 67.2 Å². The van der Waals surface area contributed by atoms with E-state index in [2.05, 4.69) is 32.6 Å². The first-order chi connectivity index (χ1) is 6.39. The summed E-state index contributed by atoms with van der Waals surface area (Å²) in [4.78, 5) is 4.18. The van der Waals surface area contributed by atoms with E-state index >= 15 is 0 Å². The maximum absolute atomic E-state index is 8.23. The quantitative estimate of drug-likeness (QED) is 0.528. The molecule has 0 aliphatic heterocycles. The van der Waals surface area contributed by atoms with Crippen molar-refractivity contribution in [2.45, 2.75) is 72.8 Å². The van der Waals surface area contributed by atoms with Crippen LogP contribution in [0.5, 0.6) is 0 Å². The zero-order valence-electron chi connectivity index (χ0n) is 10.8. The molecule has 2 nitrogen and oxygen atoms in total. The van der Waals surface area contributed by atoms with Crippen molar-refractivity contribution in [1.82, 2.24) is 0 Å². The lowest BCUT2D eigenvalue weighted by atomic mass is 10.0. The van der Waals surface area contributed by atoms with Gasteiger partial charge in [0.15, 0.2) is 0 Å². The van der Waals surface area contributed by atoms with Crippen LogP contribution in [0.15, 0.2) is 0 Å². The summed E-state index contributed by atoms with van der Waals surface area (Å²) in [7, 11) is 0. The van der Waals surface area contributed by atoms with Gasteiger partial charge in [0, 0.05) is 0 Å². The molecule has 0 heterocycles. The summed E-state index contributed by atoms with van der Waals surface area (Å²) in [5, 5.41) is 8.23. The molecule has 88 valence electrons. The van der Waals surface area contributed by atoms with E-state index in [9.17, 15) is 0 Å². The van der Waals surface area contributed by atoms with Crippen LogP contribution in [0.2, 0.25) is 0 Å². The molecule has 1 N–H and O–H groups in total. The summed E-state index contributed by atoms with van der Waals surface area (Å²) in [5.41, 5.74) is -0.352. The first-order valence-corrected chi connectivity index (χ1v) is 5.72. The summed E-state index contributed by atoms with van der Waals surface area (Å²) in [6, 6.07) is 0. The van der Waals surface area contributed by atoms with E-state index in [1.807, 2.05) is 13.8 Å². The smallest absolute Gasteiger partial charge is 0.0977 e. The minimum atomic E-state index is -0.352. The van der Waals surface area contributed by atoms with Gasteiger partial charge in [0.2, 0.25) is 0 Å². The summed E-state index contributed by atoms with van der Waals surface area (Å²) in [5.74, 6) is 0.898. The molecule has 0 amide bonds. The standard InChI is InChI=1S/C6H14O2.C6H14/c1-4-5-6(2,3)8-7;1-4-5-6(2)3/h7H,4-5H2,1-3H3;6H,4-5H2,1-3H3. The minimum absolute atomic E-state index is 0.352. The number of hydrogen-bond acceptors (Lipinski definition) is 2. The van der Waals surface area contributed by atoms with Gasteiger partial charge in [-0.15, -0.1) is 0 Å². The zero-order valence-corrected chi connectivity index (χ0v) is 10.8. The van der Waals surface area contributed by atoms with E-state index < -0.39 is 0 Å². The third kappa shape index (κ3) is 14.4. The molecule has 0 atom stereocenters. The van der Waals surface area contributed by atoms with Crippen LogP contribution >= 0.6 is 0 Å². The van der Waals surface area contributed by atoms with E-state index in [0.717, 1.165) is 18.8 Å².